The van der Waals surface area contributed by atoms with Crippen molar-refractivity contribution in [2.24, 2.45) is 0 Å². The van der Waals surface area contributed by atoms with E-state index in [1.165, 1.54) is 10.8 Å². The summed E-state index contributed by atoms with van der Waals surface area (Å²) in [5.41, 5.74) is 14.0. The van der Waals surface area contributed by atoms with E-state index in [1.807, 2.05) is 48.5 Å². The minimum atomic E-state index is 0.664. The molecule has 0 aliphatic carbocycles. The second kappa shape index (κ2) is 13.4. The van der Waals surface area contributed by atoms with Gasteiger partial charge in [-0.2, -0.15) is 0 Å². The Morgan fingerprint density at radius 3 is 1.38 bits per heavy atom. The third-order valence-corrected chi connectivity index (χ3v) is 12.9. The first-order valence-corrected chi connectivity index (χ1v) is 21.6. The van der Waals surface area contributed by atoms with Crippen molar-refractivity contribution in [1.29, 1.82) is 0 Å². The molecule has 0 N–H and O–H groups in total. The zero-order chi connectivity index (χ0) is 41.9. The van der Waals surface area contributed by atoms with Gasteiger partial charge in [-0.05, 0) is 71.8 Å². The average molecular weight is 819 g/mol. The van der Waals surface area contributed by atoms with Gasteiger partial charge in [-0.1, -0.05) is 127 Å². The molecule has 0 aliphatic rings. The molecule has 0 aliphatic heterocycles. The van der Waals surface area contributed by atoms with Crippen LogP contribution in [0.3, 0.4) is 0 Å². The Kier molecular flexibility index (Phi) is 7.30. The molecule has 5 heterocycles. The van der Waals surface area contributed by atoms with Crippen LogP contribution in [0.1, 0.15) is 0 Å². The average Bonchev–Trinajstić information content (AvgIpc) is 4.10. The fourth-order valence-corrected chi connectivity index (χ4v) is 9.96. The van der Waals surface area contributed by atoms with Crippen molar-refractivity contribution >= 4 is 87.5 Å². The smallest absolute Gasteiger partial charge is 0.162 e. The quantitative estimate of drug-likeness (QED) is 0.174. The van der Waals surface area contributed by atoms with E-state index in [4.69, 9.17) is 18.8 Å². The molecule has 14 aromatic rings. The minimum Gasteiger partial charge on any atom is -0.456 e. The summed E-state index contributed by atoms with van der Waals surface area (Å²) in [6.07, 6.45) is 0. The third-order valence-electron chi connectivity index (χ3n) is 12.9. The highest BCUT2D eigenvalue weighted by molar-refractivity contribution is 6.20. The van der Waals surface area contributed by atoms with Crippen LogP contribution < -0.4 is 0 Å². The largest absolute Gasteiger partial charge is 0.456 e. The van der Waals surface area contributed by atoms with E-state index in [0.717, 1.165) is 116 Å². The van der Waals surface area contributed by atoms with Crippen molar-refractivity contribution in [2.75, 3.05) is 0 Å². The van der Waals surface area contributed by atoms with Crippen LogP contribution >= 0.6 is 0 Å². The molecule has 9 aromatic carbocycles. The lowest BCUT2D eigenvalue weighted by Crippen LogP contribution is -2.02. The molecule has 14 rings (SSSR count). The van der Waals surface area contributed by atoms with Crippen molar-refractivity contribution in [3.63, 3.8) is 0 Å². The summed E-state index contributed by atoms with van der Waals surface area (Å²) in [6.45, 7) is 0. The van der Waals surface area contributed by atoms with Gasteiger partial charge >= 0.3 is 0 Å². The van der Waals surface area contributed by atoms with E-state index in [2.05, 4.69) is 167 Å². The van der Waals surface area contributed by atoms with Crippen LogP contribution in [-0.4, -0.2) is 19.1 Å². The highest BCUT2D eigenvalue weighted by atomic mass is 16.3. The number of hydrogen-bond acceptors (Lipinski definition) is 4. The van der Waals surface area contributed by atoms with Gasteiger partial charge in [0.2, 0.25) is 0 Å². The molecule has 0 saturated carbocycles. The van der Waals surface area contributed by atoms with Gasteiger partial charge < -0.3 is 13.4 Å². The first-order valence-electron chi connectivity index (χ1n) is 21.6. The lowest BCUT2D eigenvalue weighted by Gasteiger charge is -2.12. The number of hydrogen-bond donors (Lipinski definition) is 0. The molecule has 6 nitrogen and oxygen atoms in total. The Labute approximate surface area is 365 Å². The van der Waals surface area contributed by atoms with Crippen molar-refractivity contribution in [3.05, 3.63) is 206 Å². The number of fused-ring (bicyclic) bond motifs is 12. The molecule has 0 fully saturated rings. The van der Waals surface area contributed by atoms with Crippen molar-refractivity contribution in [3.8, 4) is 45.3 Å². The van der Waals surface area contributed by atoms with Gasteiger partial charge in [0.1, 0.15) is 28.1 Å². The van der Waals surface area contributed by atoms with E-state index in [1.54, 1.807) is 0 Å². The van der Waals surface area contributed by atoms with Crippen LogP contribution in [0.15, 0.2) is 215 Å². The highest BCUT2D eigenvalue weighted by Gasteiger charge is 2.21. The number of furan rings is 2. The summed E-state index contributed by atoms with van der Waals surface area (Å²) in [6, 6.07) is 72.6. The van der Waals surface area contributed by atoms with Gasteiger partial charge in [0.05, 0.1) is 27.8 Å². The molecule has 0 unspecified atom stereocenters. The Morgan fingerprint density at radius 1 is 0.297 bits per heavy atom. The lowest BCUT2D eigenvalue weighted by molar-refractivity contribution is 0.669. The van der Waals surface area contributed by atoms with Crippen LogP contribution in [0.4, 0.5) is 0 Å². The predicted octanol–water partition coefficient (Wildman–Crippen LogP) is 15.5. The van der Waals surface area contributed by atoms with Crippen LogP contribution in [0, 0.1) is 0 Å². The molecule has 6 heteroatoms. The number of nitrogens with zero attached hydrogens (tertiary/aromatic N) is 4. The zero-order valence-corrected chi connectivity index (χ0v) is 34.2. The monoisotopic (exact) mass is 818 g/mol. The van der Waals surface area contributed by atoms with Gasteiger partial charge in [-0.3, -0.25) is 4.57 Å². The SMILES string of the molecule is c1ccc(-c2cc(-n3c4ccc(-c5ccc6c(c5)c5cc7c(cc5n6-c5ccccc5)oc5ccccc57)cc4c4cc5c(cc43)oc3ccccc35)nc(-c3ccccc3)n2)cc1. The summed E-state index contributed by atoms with van der Waals surface area (Å²) in [7, 11) is 0. The Morgan fingerprint density at radius 2 is 0.781 bits per heavy atom. The third kappa shape index (κ3) is 5.20. The van der Waals surface area contributed by atoms with Crippen LogP contribution in [0.2, 0.25) is 0 Å². The number of benzene rings is 9. The van der Waals surface area contributed by atoms with E-state index >= 15 is 0 Å². The highest BCUT2D eigenvalue weighted by Crippen LogP contribution is 2.43. The first kappa shape index (κ1) is 34.9. The standard InChI is InChI=1S/C58H34N4O2/c1-4-14-35(15-5-1)48-32-57(60-58(59-48)36-16-6-2-7-17-36)62-50-27-25-38(29-43(50)45-31-47-41-21-11-13-23-54(41)64-56(47)34-52(45)62)37-24-26-49-42(28-37)44-30-46-40-20-10-12-22-53(40)63-55(46)33-51(44)61(49)39-18-8-3-9-19-39/h1-34H. The second-order valence-corrected chi connectivity index (χ2v) is 16.6. The maximum absolute atomic E-state index is 6.53. The van der Waals surface area contributed by atoms with Gasteiger partial charge in [-0.15, -0.1) is 0 Å². The molecule has 0 radical (unpaired) electrons. The lowest BCUT2D eigenvalue weighted by atomic mass is 10.00. The first-order chi connectivity index (χ1) is 31.7. The van der Waals surface area contributed by atoms with E-state index in [9.17, 15) is 0 Å². The van der Waals surface area contributed by atoms with Gasteiger partial charge in [-0.25, -0.2) is 9.97 Å². The van der Waals surface area contributed by atoms with Crippen molar-refractivity contribution in [2.45, 2.75) is 0 Å². The van der Waals surface area contributed by atoms with E-state index in [-0.39, 0.29) is 0 Å². The van der Waals surface area contributed by atoms with Crippen molar-refractivity contribution in [1.82, 2.24) is 19.1 Å². The number of aromatic nitrogens is 4. The normalized spacial score (nSPS) is 12.1. The molecular formula is C58H34N4O2. The summed E-state index contributed by atoms with van der Waals surface area (Å²) in [5.74, 6) is 1.45. The van der Waals surface area contributed by atoms with Crippen LogP contribution in [0.25, 0.3) is 133 Å². The molecule has 298 valence electrons. The van der Waals surface area contributed by atoms with Crippen molar-refractivity contribution < 1.29 is 8.83 Å². The van der Waals surface area contributed by atoms with E-state index in [0.29, 0.717) is 5.82 Å². The molecule has 0 spiro atoms. The minimum absolute atomic E-state index is 0.664. The number of para-hydroxylation sites is 3. The Balaban J connectivity index is 1.03. The molecule has 0 atom stereocenters. The summed E-state index contributed by atoms with van der Waals surface area (Å²) < 4.78 is 17.6. The number of rotatable bonds is 5. The molecule has 0 saturated heterocycles. The Hall–Kier alpha value is -8.74. The van der Waals surface area contributed by atoms with Crippen LogP contribution in [-0.2, 0) is 0 Å². The predicted molar refractivity (Wildman–Crippen MR) is 262 cm³/mol. The molecule has 5 aromatic heterocycles. The molecule has 64 heavy (non-hydrogen) atoms. The summed E-state index contributed by atoms with van der Waals surface area (Å²) in [4.78, 5) is 10.4. The molecular weight excluding hydrogens is 785 g/mol. The maximum atomic E-state index is 6.53. The fraction of sp³-hybridized carbons (Fsp3) is 0. The molecule has 0 amide bonds. The topological polar surface area (TPSA) is 61.9 Å². The van der Waals surface area contributed by atoms with Crippen LogP contribution in [0.5, 0.6) is 0 Å². The van der Waals surface area contributed by atoms with E-state index < -0.39 is 0 Å². The van der Waals surface area contributed by atoms with Gasteiger partial charge in [0.15, 0.2) is 5.82 Å². The maximum Gasteiger partial charge on any atom is 0.162 e. The summed E-state index contributed by atoms with van der Waals surface area (Å²) in [5, 5.41) is 9.01. The fourth-order valence-electron chi connectivity index (χ4n) is 9.96. The second-order valence-electron chi connectivity index (χ2n) is 16.6. The Bertz CT molecular complexity index is 4120. The summed E-state index contributed by atoms with van der Waals surface area (Å²) >= 11 is 0. The zero-order valence-electron chi connectivity index (χ0n) is 34.2. The van der Waals surface area contributed by atoms with Gasteiger partial charge in [0.25, 0.3) is 0 Å². The van der Waals surface area contributed by atoms with Gasteiger partial charge in [0, 0.05) is 78.1 Å². The molecule has 0 bridgehead atoms.